The molecule has 3 rings (SSSR count). The lowest BCUT2D eigenvalue weighted by Crippen LogP contribution is -2.48. The minimum absolute atomic E-state index is 0.120. The summed E-state index contributed by atoms with van der Waals surface area (Å²) in [6.07, 6.45) is 3.22. The second-order valence-electron chi connectivity index (χ2n) is 9.64. The monoisotopic (exact) mass is 447 g/mol. The molecule has 0 bridgehead atoms. The van der Waals surface area contributed by atoms with Gasteiger partial charge < -0.3 is 29.3 Å². The molecule has 32 heavy (non-hydrogen) atoms. The van der Waals surface area contributed by atoms with E-state index in [4.69, 9.17) is 14.2 Å². The molecule has 178 valence electrons. The average Bonchev–Trinajstić information content (AvgIpc) is 3.22. The van der Waals surface area contributed by atoms with E-state index in [9.17, 15) is 9.59 Å². The van der Waals surface area contributed by atoms with Gasteiger partial charge in [-0.25, -0.2) is 4.79 Å². The van der Waals surface area contributed by atoms with Crippen molar-refractivity contribution in [1.29, 1.82) is 0 Å². The van der Waals surface area contributed by atoms with Gasteiger partial charge in [-0.3, -0.25) is 4.79 Å². The van der Waals surface area contributed by atoms with Crippen LogP contribution in [0.2, 0.25) is 0 Å². The summed E-state index contributed by atoms with van der Waals surface area (Å²) >= 11 is 0. The Bertz CT molecular complexity index is 804. The first-order chi connectivity index (χ1) is 15.2. The summed E-state index contributed by atoms with van der Waals surface area (Å²) in [5.74, 6) is 1.24. The average molecular weight is 448 g/mol. The van der Waals surface area contributed by atoms with E-state index >= 15 is 0 Å². The fourth-order valence-electron chi connectivity index (χ4n) is 4.62. The van der Waals surface area contributed by atoms with E-state index in [1.165, 1.54) is 0 Å². The van der Waals surface area contributed by atoms with Crippen molar-refractivity contribution in [3.63, 3.8) is 0 Å². The molecule has 8 heteroatoms. The van der Waals surface area contributed by atoms with Crippen LogP contribution in [0, 0.1) is 5.92 Å². The molecule has 2 saturated heterocycles. The molecule has 2 aliphatic rings. The van der Waals surface area contributed by atoms with Gasteiger partial charge in [0, 0.05) is 37.6 Å². The summed E-state index contributed by atoms with van der Waals surface area (Å²) in [7, 11) is 4.72. The largest absolute Gasteiger partial charge is 0.493 e. The van der Waals surface area contributed by atoms with Crippen molar-refractivity contribution in [2.45, 2.75) is 51.5 Å². The molecular weight excluding hydrogens is 410 g/mol. The Balaban J connectivity index is 1.95. The van der Waals surface area contributed by atoms with Crippen LogP contribution in [0.5, 0.6) is 17.2 Å². The first-order valence-electron chi connectivity index (χ1n) is 11.3. The quantitative estimate of drug-likeness (QED) is 0.750. The van der Waals surface area contributed by atoms with Crippen LogP contribution in [-0.2, 0) is 4.79 Å². The SMILES string of the molecule is COc1cc(C2CN(C(=O)NC(C)(C)C)CC2C(=O)N2CCCCC2)cc(OC)c1OC. The van der Waals surface area contributed by atoms with Crippen LogP contribution >= 0.6 is 0 Å². The van der Waals surface area contributed by atoms with Crippen LogP contribution in [0.25, 0.3) is 0 Å². The molecule has 1 N–H and O–H groups in total. The van der Waals surface area contributed by atoms with Gasteiger partial charge in [0.25, 0.3) is 0 Å². The van der Waals surface area contributed by atoms with Gasteiger partial charge in [0.05, 0.1) is 27.2 Å². The van der Waals surface area contributed by atoms with Crippen molar-refractivity contribution in [3.8, 4) is 17.2 Å². The number of ether oxygens (including phenoxy) is 3. The number of hydrogen-bond donors (Lipinski definition) is 1. The number of amides is 3. The Labute approximate surface area is 191 Å². The van der Waals surface area contributed by atoms with E-state index in [-0.39, 0.29) is 29.3 Å². The summed E-state index contributed by atoms with van der Waals surface area (Å²) in [5, 5.41) is 3.03. The van der Waals surface area contributed by atoms with Gasteiger partial charge in [-0.1, -0.05) is 0 Å². The second kappa shape index (κ2) is 9.88. The molecule has 2 unspecified atom stereocenters. The lowest BCUT2D eigenvalue weighted by Gasteiger charge is -2.31. The van der Waals surface area contributed by atoms with Gasteiger partial charge in [-0.05, 0) is 57.7 Å². The van der Waals surface area contributed by atoms with Crippen LogP contribution in [0.3, 0.4) is 0 Å². The van der Waals surface area contributed by atoms with E-state index < -0.39 is 0 Å². The number of nitrogens with zero attached hydrogens (tertiary/aromatic N) is 2. The van der Waals surface area contributed by atoms with Crippen molar-refractivity contribution in [1.82, 2.24) is 15.1 Å². The Morgan fingerprint density at radius 1 is 0.906 bits per heavy atom. The Kier molecular flexibility index (Phi) is 7.41. The summed E-state index contributed by atoms with van der Waals surface area (Å²) < 4.78 is 16.5. The highest BCUT2D eigenvalue weighted by molar-refractivity contribution is 5.83. The second-order valence-corrected chi connectivity index (χ2v) is 9.64. The molecule has 0 aromatic heterocycles. The summed E-state index contributed by atoms with van der Waals surface area (Å²) in [6.45, 7) is 8.26. The van der Waals surface area contributed by atoms with Crippen LogP contribution in [0.4, 0.5) is 4.79 Å². The van der Waals surface area contributed by atoms with Gasteiger partial charge in [-0.15, -0.1) is 0 Å². The van der Waals surface area contributed by atoms with Crippen LogP contribution in [-0.4, -0.2) is 74.8 Å². The van der Waals surface area contributed by atoms with Gasteiger partial charge in [-0.2, -0.15) is 0 Å². The maximum Gasteiger partial charge on any atom is 0.317 e. The number of likely N-dealkylation sites (tertiary alicyclic amines) is 2. The first kappa shape index (κ1) is 24.0. The molecule has 2 atom stereocenters. The Hall–Kier alpha value is -2.64. The topological polar surface area (TPSA) is 80.3 Å². The van der Waals surface area contributed by atoms with E-state index in [0.29, 0.717) is 30.3 Å². The molecular formula is C24H37N3O5. The van der Waals surface area contributed by atoms with E-state index in [1.54, 1.807) is 26.2 Å². The van der Waals surface area contributed by atoms with E-state index in [2.05, 4.69) is 5.32 Å². The molecule has 1 aromatic carbocycles. The lowest BCUT2D eigenvalue weighted by atomic mass is 9.87. The highest BCUT2D eigenvalue weighted by atomic mass is 16.5. The van der Waals surface area contributed by atoms with Crippen molar-refractivity contribution >= 4 is 11.9 Å². The summed E-state index contributed by atoms with van der Waals surface area (Å²) in [4.78, 5) is 30.2. The number of carbonyl (C=O) groups excluding carboxylic acids is 2. The van der Waals surface area contributed by atoms with Crippen LogP contribution in [0.15, 0.2) is 12.1 Å². The van der Waals surface area contributed by atoms with Gasteiger partial charge in [0.2, 0.25) is 11.7 Å². The maximum absolute atomic E-state index is 13.5. The maximum atomic E-state index is 13.5. The van der Waals surface area contributed by atoms with Crippen molar-refractivity contribution in [3.05, 3.63) is 17.7 Å². The number of hydrogen-bond acceptors (Lipinski definition) is 5. The molecule has 1 aromatic rings. The molecule has 0 aliphatic carbocycles. The number of nitrogens with one attached hydrogen (secondary N) is 1. The third-order valence-corrected chi connectivity index (χ3v) is 6.19. The summed E-state index contributed by atoms with van der Waals surface area (Å²) in [5.41, 5.74) is 0.551. The Morgan fingerprint density at radius 3 is 2.00 bits per heavy atom. The predicted octanol–water partition coefficient (Wildman–Crippen LogP) is 3.25. The Morgan fingerprint density at radius 2 is 1.50 bits per heavy atom. The van der Waals surface area contributed by atoms with Crippen molar-refractivity contribution < 1.29 is 23.8 Å². The molecule has 3 amide bonds. The number of methoxy groups -OCH3 is 3. The smallest absolute Gasteiger partial charge is 0.317 e. The van der Waals surface area contributed by atoms with Gasteiger partial charge >= 0.3 is 6.03 Å². The van der Waals surface area contributed by atoms with Crippen LogP contribution in [0.1, 0.15) is 51.5 Å². The molecule has 2 aliphatic heterocycles. The molecule has 8 nitrogen and oxygen atoms in total. The zero-order chi connectivity index (χ0) is 23.5. The van der Waals surface area contributed by atoms with Crippen LogP contribution < -0.4 is 19.5 Å². The zero-order valence-corrected chi connectivity index (χ0v) is 20.2. The number of carbonyl (C=O) groups is 2. The number of rotatable bonds is 5. The number of piperidine rings is 1. The third-order valence-electron chi connectivity index (χ3n) is 6.19. The van der Waals surface area contributed by atoms with Crippen molar-refractivity contribution in [2.24, 2.45) is 5.92 Å². The van der Waals surface area contributed by atoms with Crippen molar-refractivity contribution in [2.75, 3.05) is 47.5 Å². The fraction of sp³-hybridized carbons (Fsp3) is 0.667. The first-order valence-corrected chi connectivity index (χ1v) is 11.3. The molecule has 2 heterocycles. The minimum atomic E-state index is -0.353. The van der Waals surface area contributed by atoms with Gasteiger partial charge in [0.1, 0.15) is 0 Å². The summed E-state index contributed by atoms with van der Waals surface area (Å²) in [6, 6.07) is 3.64. The standard InChI is InChI=1S/C24H37N3O5/c1-24(2,3)25-23(29)27-14-17(18(15-27)22(28)26-10-8-7-9-11-26)16-12-19(30-4)21(32-6)20(13-16)31-5/h12-13,17-18H,7-11,14-15H2,1-6H3,(H,25,29). The lowest BCUT2D eigenvalue weighted by molar-refractivity contribution is -0.136. The number of benzene rings is 1. The van der Waals surface area contributed by atoms with E-state index in [0.717, 1.165) is 37.9 Å². The number of urea groups is 1. The molecule has 2 fully saturated rings. The normalized spacial score (nSPS) is 21.3. The predicted molar refractivity (Wildman–Crippen MR) is 123 cm³/mol. The third kappa shape index (κ3) is 5.22. The highest BCUT2D eigenvalue weighted by Gasteiger charge is 2.43. The fourth-order valence-corrected chi connectivity index (χ4v) is 4.62. The zero-order valence-electron chi connectivity index (χ0n) is 20.2. The molecule has 0 saturated carbocycles. The molecule has 0 spiro atoms. The highest BCUT2D eigenvalue weighted by Crippen LogP contribution is 2.43. The minimum Gasteiger partial charge on any atom is -0.493 e. The van der Waals surface area contributed by atoms with Gasteiger partial charge in [0.15, 0.2) is 11.5 Å². The molecule has 0 radical (unpaired) electrons. The van der Waals surface area contributed by atoms with E-state index in [1.807, 2.05) is 37.8 Å².